The van der Waals surface area contributed by atoms with E-state index in [2.05, 4.69) is 50.2 Å². The molecule has 1 unspecified atom stereocenters. The molecule has 1 atom stereocenters. The molecule has 0 saturated heterocycles. The maximum absolute atomic E-state index is 13.4. The summed E-state index contributed by atoms with van der Waals surface area (Å²) in [6.45, 7) is 4.22. The van der Waals surface area contributed by atoms with Gasteiger partial charge in [-0.25, -0.2) is 4.79 Å². The van der Waals surface area contributed by atoms with Crippen LogP contribution in [0.2, 0.25) is 0 Å². The smallest absolute Gasteiger partial charge is 0.344 e. The van der Waals surface area contributed by atoms with E-state index in [0.29, 0.717) is 16.9 Å². The number of benzene rings is 4. The SMILES string of the molecule is Cc1cccc(C2c3c(c4ccccc4oc3=O)Oc3ccc4ccccc4c32)c1C. The normalized spacial score (nSPS) is 14.8. The first-order chi connectivity index (χ1) is 15.1. The fourth-order valence-corrected chi connectivity index (χ4v) is 4.81. The van der Waals surface area contributed by atoms with Crippen LogP contribution in [0.3, 0.4) is 0 Å². The predicted octanol–water partition coefficient (Wildman–Crippen LogP) is 6.85. The molecule has 5 aromatic rings. The van der Waals surface area contributed by atoms with Crippen molar-refractivity contribution in [1.29, 1.82) is 0 Å². The number of aryl methyl sites for hydroxylation is 1. The van der Waals surface area contributed by atoms with E-state index in [4.69, 9.17) is 9.15 Å². The van der Waals surface area contributed by atoms with Gasteiger partial charge in [0.05, 0.1) is 10.9 Å². The Morgan fingerprint density at radius 1 is 0.742 bits per heavy atom. The van der Waals surface area contributed by atoms with Crippen LogP contribution in [-0.4, -0.2) is 0 Å². The molecule has 2 heterocycles. The van der Waals surface area contributed by atoms with Gasteiger partial charge in [-0.2, -0.15) is 0 Å². The molecule has 0 bridgehead atoms. The Kier molecular flexibility index (Phi) is 3.81. The maximum Gasteiger partial charge on any atom is 0.344 e. The van der Waals surface area contributed by atoms with Crippen LogP contribution in [0, 0.1) is 13.8 Å². The van der Waals surface area contributed by atoms with E-state index in [1.165, 1.54) is 11.1 Å². The van der Waals surface area contributed by atoms with Gasteiger partial charge in [0, 0.05) is 11.5 Å². The van der Waals surface area contributed by atoms with Gasteiger partial charge in [0.1, 0.15) is 17.1 Å². The molecule has 31 heavy (non-hydrogen) atoms. The predicted molar refractivity (Wildman–Crippen MR) is 123 cm³/mol. The number of rotatable bonds is 1. The fourth-order valence-electron chi connectivity index (χ4n) is 4.81. The average Bonchev–Trinajstić information content (AvgIpc) is 2.79. The van der Waals surface area contributed by atoms with Crippen molar-refractivity contribution in [1.82, 2.24) is 0 Å². The molecule has 1 aromatic heterocycles. The van der Waals surface area contributed by atoms with Crippen LogP contribution in [0.1, 0.15) is 33.7 Å². The summed E-state index contributed by atoms with van der Waals surface area (Å²) in [5, 5.41) is 3.02. The van der Waals surface area contributed by atoms with Crippen LogP contribution in [0.25, 0.3) is 21.7 Å². The highest BCUT2D eigenvalue weighted by Crippen LogP contribution is 2.51. The molecule has 6 rings (SSSR count). The monoisotopic (exact) mass is 404 g/mol. The highest BCUT2D eigenvalue weighted by atomic mass is 16.5. The third-order valence-electron chi connectivity index (χ3n) is 6.48. The zero-order valence-electron chi connectivity index (χ0n) is 17.3. The first-order valence-electron chi connectivity index (χ1n) is 10.4. The number of fused-ring (bicyclic) bond motifs is 6. The highest BCUT2D eigenvalue weighted by Gasteiger charge is 2.35. The van der Waals surface area contributed by atoms with E-state index in [1.807, 2.05) is 42.5 Å². The number of ether oxygens (including phenoxy) is 1. The summed E-state index contributed by atoms with van der Waals surface area (Å²) >= 11 is 0. The van der Waals surface area contributed by atoms with Crippen molar-refractivity contribution in [3.63, 3.8) is 0 Å². The van der Waals surface area contributed by atoms with Gasteiger partial charge >= 0.3 is 5.63 Å². The van der Waals surface area contributed by atoms with Crippen LogP contribution in [0.4, 0.5) is 0 Å². The average molecular weight is 404 g/mol. The van der Waals surface area contributed by atoms with Crippen molar-refractivity contribution in [2.24, 2.45) is 0 Å². The first kappa shape index (κ1) is 18.0. The van der Waals surface area contributed by atoms with Gasteiger partial charge in [-0.05, 0) is 59.5 Å². The van der Waals surface area contributed by atoms with Crippen LogP contribution in [0.5, 0.6) is 11.5 Å². The number of para-hydroxylation sites is 1. The molecule has 0 aliphatic carbocycles. The molecule has 0 N–H and O–H groups in total. The standard InChI is InChI=1S/C28H20O3/c1-16-8-7-12-19(17(16)2)25-24-20-10-4-3-9-18(20)14-15-23(24)30-27-21-11-5-6-13-22(21)31-28(29)26(25)27/h3-15,25H,1-2H3. The van der Waals surface area contributed by atoms with E-state index in [-0.39, 0.29) is 11.5 Å². The highest BCUT2D eigenvalue weighted by molar-refractivity contribution is 5.93. The van der Waals surface area contributed by atoms with E-state index >= 15 is 0 Å². The van der Waals surface area contributed by atoms with Crippen molar-refractivity contribution in [2.45, 2.75) is 19.8 Å². The maximum atomic E-state index is 13.4. The van der Waals surface area contributed by atoms with Gasteiger partial charge in [0.25, 0.3) is 0 Å². The Labute approximate surface area is 179 Å². The molecule has 1 aliphatic rings. The minimum atomic E-state index is -0.349. The molecule has 0 amide bonds. The van der Waals surface area contributed by atoms with Crippen molar-refractivity contribution < 1.29 is 9.15 Å². The minimum Gasteiger partial charge on any atom is -0.456 e. The molecule has 0 saturated carbocycles. The molecule has 3 nitrogen and oxygen atoms in total. The van der Waals surface area contributed by atoms with Gasteiger partial charge in [0.2, 0.25) is 0 Å². The Morgan fingerprint density at radius 3 is 2.39 bits per heavy atom. The summed E-state index contributed by atoms with van der Waals surface area (Å²) in [6, 6.07) is 26.2. The summed E-state index contributed by atoms with van der Waals surface area (Å²) in [7, 11) is 0. The van der Waals surface area contributed by atoms with Gasteiger partial charge < -0.3 is 9.15 Å². The third kappa shape index (κ3) is 2.56. The fraction of sp³-hybridized carbons (Fsp3) is 0.107. The Hall–Kier alpha value is -3.85. The van der Waals surface area contributed by atoms with E-state index < -0.39 is 0 Å². The Bertz CT molecular complexity index is 1560. The lowest BCUT2D eigenvalue weighted by atomic mass is 9.78. The van der Waals surface area contributed by atoms with Gasteiger partial charge in [-0.1, -0.05) is 60.7 Å². The Balaban J connectivity index is 1.79. The van der Waals surface area contributed by atoms with Crippen LogP contribution in [-0.2, 0) is 0 Å². The molecule has 3 heteroatoms. The molecule has 150 valence electrons. The van der Waals surface area contributed by atoms with Crippen LogP contribution < -0.4 is 10.4 Å². The van der Waals surface area contributed by atoms with Crippen molar-refractivity contribution in [3.05, 3.63) is 117 Å². The second kappa shape index (κ2) is 6.58. The second-order valence-corrected chi connectivity index (χ2v) is 8.15. The zero-order chi connectivity index (χ0) is 21.1. The van der Waals surface area contributed by atoms with Crippen molar-refractivity contribution >= 4 is 21.7 Å². The van der Waals surface area contributed by atoms with Crippen molar-refractivity contribution in [2.75, 3.05) is 0 Å². The molecule has 4 aromatic carbocycles. The zero-order valence-corrected chi connectivity index (χ0v) is 17.3. The lowest BCUT2D eigenvalue weighted by molar-refractivity contribution is 0.441. The molecule has 1 aliphatic heterocycles. The molecule has 0 fully saturated rings. The minimum absolute atomic E-state index is 0.273. The molecule has 0 spiro atoms. The second-order valence-electron chi connectivity index (χ2n) is 8.15. The van der Waals surface area contributed by atoms with Gasteiger partial charge in [-0.15, -0.1) is 0 Å². The molecular formula is C28H20O3. The largest absolute Gasteiger partial charge is 0.456 e. The summed E-state index contributed by atoms with van der Waals surface area (Å²) in [5.41, 5.74) is 5.24. The summed E-state index contributed by atoms with van der Waals surface area (Å²) in [4.78, 5) is 13.4. The summed E-state index contributed by atoms with van der Waals surface area (Å²) in [5.74, 6) is 1.11. The quantitative estimate of drug-likeness (QED) is 0.281. The van der Waals surface area contributed by atoms with E-state index in [0.717, 1.165) is 33.0 Å². The third-order valence-corrected chi connectivity index (χ3v) is 6.48. The van der Waals surface area contributed by atoms with E-state index in [1.54, 1.807) is 0 Å². The van der Waals surface area contributed by atoms with Crippen LogP contribution in [0.15, 0.2) is 88.1 Å². The Morgan fingerprint density at radius 2 is 1.52 bits per heavy atom. The lowest BCUT2D eigenvalue weighted by Crippen LogP contribution is -2.21. The van der Waals surface area contributed by atoms with Crippen molar-refractivity contribution in [3.8, 4) is 11.5 Å². The lowest BCUT2D eigenvalue weighted by Gasteiger charge is -2.30. The number of hydrogen-bond donors (Lipinski definition) is 0. The van der Waals surface area contributed by atoms with Gasteiger partial charge in [-0.3, -0.25) is 0 Å². The van der Waals surface area contributed by atoms with Gasteiger partial charge in [0.15, 0.2) is 0 Å². The summed E-state index contributed by atoms with van der Waals surface area (Å²) in [6.07, 6.45) is 0. The summed E-state index contributed by atoms with van der Waals surface area (Å²) < 4.78 is 12.2. The first-order valence-corrected chi connectivity index (χ1v) is 10.4. The molecular weight excluding hydrogens is 384 g/mol. The number of hydrogen-bond acceptors (Lipinski definition) is 3. The molecule has 0 radical (unpaired) electrons. The van der Waals surface area contributed by atoms with E-state index in [9.17, 15) is 4.79 Å². The van der Waals surface area contributed by atoms with Crippen LogP contribution >= 0.6 is 0 Å². The topological polar surface area (TPSA) is 39.4 Å².